The molecule has 0 atom stereocenters. The number of benzene rings is 7. The summed E-state index contributed by atoms with van der Waals surface area (Å²) in [4.78, 5) is 5.16. The highest BCUT2D eigenvalue weighted by molar-refractivity contribution is 6.17. The lowest BCUT2D eigenvalue weighted by molar-refractivity contribution is 0.574. The van der Waals surface area contributed by atoms with Crippen LogP contribution < -0.4 is 0 Å². The van der Waals surface area contributed by atoms with Gasteiger partial charge in [0.15, 0.2) is 5.58 Å². The van der Waals surface area contributed by atoms with Crippen LogP contribution in [0.15, 0.2) is 148 Å². The Bertz CT molecular complexity index is 3040. The summed E-state index contributed by atoms with van der Waals surface area (Å²) in [6, 6.07) is 49.6. The molecule has 0 aliphatic heterocycles. The highest BCUT2D eigenvalue weighted by Crippen LogP contribution is 2.40. The fourth-order valence-electron chi connectivity index (χ4n) is 7.52. The molecule has 0 spiro atoms. The van der Waals surface area contributed by atoms with Gasteiger partial charge in [-0.05, 0) is 65.4 Å². The summed E-state index contributed by atoms with van der Waals surface area (Å²) in [5.41, 5.74) is 8.68. The van der Waals surface area contributed by atoms with Gasteiger partial charge in [0, 0.05) is 32.6 Å². The summed E-state index contributed by atoms with van der Waals surface area (Å²) < 4.78 is 17.3. The Morgan fingerprint density at radius 2 is 1.04 bits per heavy atom. The summed E-state index contributed by atoms with van der Waals surface area (Å²) in [6.07, 6.45) is 0. The van der Waals surface area contributed by atoms with Crippen molar-refractivity contribution in [3.63, 3.8) is 0 Å². The minimum atomic E-state index is 0.532. The van der Waals surface area contributed by atoms with Gasteiger partial charge in [-0.3, -0.25) is 4.57 Å². The minimum Gasteiger partial charge on any atom is -0.456 e. The molecular formula is C41H23N3O2. The largest absolute Gasteiger partial charge is 0.456 e. The SMILES string of the molecule is c1ccc2cc3c(cc2c1)c1ccccc1n3-c1ccc2c3ccccc3n(-c3nc4c(ccc5oc6ccccc6c54)o3)c2c1. The number of oxazole rings is 1. The Morgan fingerprint density at radius 3 is 1.89 bits per heavy atom. The Hall–Kier alpha value is -6.33. The van der Waals surface area contributed by atoms with E-state index in [-0.39, 0.29) is 0 Å². The summed E-state index contributed by atoms with van der Waals surface area (Å²) in [5, 5.41) is 9.24. The van der Waals surface area contributed by atoms with Crippen LogP contribution in [0.1, 0.15) is 0 Å². The summed E-state index contributed by atoms with van der Waals surface area (Å²) in [5.74, 6) is 0. The Labute approximate surface area is 261 Å². The number of para-hydroxylation sites is 3. The van der Waals surface area contributed by atoms with Crippen molar-refractivity contribution in [2.45, 2.75) is 0 Å². The third-order valence-electron chi connectivity index (χ3n) is 9.53. The molecule has 0 bridgehead atoms. The highest BCUT2D eigenvalue weighted by Gasteiger charge is 2.21. The molecule has 0 saturated heterocycles. The molecule has 4 heterocycles. The molecule has 5 heteroatoms. The number of nitrogens with zero attached hydrogens (tertiary/aromatic N) is 3. The van der Waals surface area contributed by atoms with Crippen molar-refractivity contribution in [3.8, 4) is 11.7 Å². The topological polar surface area (TPSA) is 49.0 Å². The molecule has 0 N–H and O–H groups in total. The van der Waals surface area contributed by atoms with Crippen LogP contribution in [0.2, 0.25) is 0 Å². The Kier molecular flexibility index (Phi) is 4.52. The van der Waals surface area contributed by atoms with Crippen LogP contribution in [-0.2, 0) is 0 Å². The third kappa shape index (κ3) is 3.11. The van der Waals surface area contributed by atoms with Crippen molar-refractivity contribution in [1.82, 2.24) is 14.1 Å². The van der Waals surface area contributed by atoms with Gasteiger partial charge < -0.3 is 13.4 Å². The maximum atomic E-state index is 6.58. The number of hydrogen-bond acceptors (Lipinski definition) is 3. The summed E-state index contributed by atoms with van der Waals surface area (Å²) in [6.45, 7) is 0. The summed E-state index contributed by atoms with van der Waals surface area (Å²) in [7, 11) is 0. The van der Waals surface area contributed by atoms with Gasteiger partial charge in [-0.15, -0.1) is 0 Å². The Balaban J connectivity index is 1.23. The lowest BCUT2D eigenvalue weighted by Crippen LogP contribution is -1.97. The van der Waals surface area contributed by atoms with E-state index in [0.717, 1.165) is 60.5 Å². The van der Waals surface area contributed by atoms with E-state index in [1.807, 2.05) is 30.3 Å². The zero-order chi connectivity index (χ0) is 29.9. The second kappa shape index (κ2) is 8.65. The molecule has 0 amide bonds. The Morgan fingerprint density at radius 1 is 0.413 bits per heavy atom. The van der Waals surface area contributed by atoms with Gasteiger partial charge in [0.05, 0.1) is 27.5 Å². The first kappa shape index (κ1) is 24.0. The van der Waals surface area contributed by atoms with Crippen LogP contribution in [0, 0.1) is 0 Å². The highest BCUT2D eigenvalue weighted by atomic mass is 16.4. The molecule has 11 rings (SSSR count). The second-order valence-corrected chi connectivity index (χ2v) is 12.0. The minimum absolute atomic E-state index is 0.532. The first-order valence-corrected chi connectivity index (χ1v) is 15.5. The van der Waals surface area contributed by atoms with E-state index in [2.05, 4.69) is 118 Å². The van der Waals surface area contributed by atoms with Crippen LogP contribution in [0.4, 0.5) is 0 Å². The van der Waals surface area contributed by atoms with E-state index >= 15 is 0 Å². The molecule has 7 aromatic carbocycles. The van der Waals surface area contributed by atoms with Gasteiger partial charge in [-0.25, -0.2) is 0 Å². The third-order valence-corrected chi connectivity index (χ3v) is 9.53. The van der Waals surface area contributed by atoms with E-state index in [9.17, 15) is 0 Å². The first-order chi connectivity index (χ1) is 22.8. The number of rotatable bonds is 2. The second-order valence-electron chi connectivity index (χ2n) is 12.0. The van der Waals surface area contributed by atoms with Crippen LogP contribution in [0.5, 0.6) is 0 Å². The van der Waals surface area contributed by atoms with E-state index in [1.54, 1.807) is 0 Å². The van der Waals surface area contributed by atoms with E-state index in [0.29, 0.717) is 6.01 Å². The average molecular weight is 590 g/mol. The molecule has 0 aliphatic carbocycles. The molecule has 46 heavy (non-hydrogen) atoms. The van der Waals surface area contributed by atoms with Crippen molar-refractivity contribution in [2.24, 2.45) is 0 Å². The van der Waals surface area contributed by atoms with E-state index in [1.165, 1.54) is 32.6 Å². The van der Waals surface area contributed by atoms with Crippen molar-refractivity contribution in [1.29, 1.82) is 0 Å². The predicted octanol–water partition coefficient (Wildman–Crippen LogP) is 11.1. The monoisotopic (exact) mass is 589 g/mol. The smallest absolute Gasteiger partial charge is 0.307 e. The van der Waals surface area contributed by atoms with Gasteiger partial charge in [-0.2, -0.15) is 4.98 Å². The van der Waals surface area contributed by atoms with Crippen molar-refractivity contribution < 1.29 is 8.83 Å². The zero-order valence-electron chi connectivity index (χ0n) is 24.4. The van der Waals surface area contributed by atoms with Gasteiger partial charge in [0.2, 0.25) is 0 Å². The number of furan rings is 1. The predicted molar refractivity (Wildman–Crippen MR) is 187 cm³/mol. The quantitative estimate of drug-likeness (QED) is 0.202. The van der Waals surface area contributed by atoms with Crippen LogP contribution in [0.3, 0.4) is 0 Å². The van der Waals surface area contributed by atoms with Gasteiger partial charge in [-0.1, -0.05) is 84.9 Å². The molecule has 0 unspecified atom stereocenters. The van der Waals surface area contributed by atoms with E-state index in [4.69, 9.17) is 13.8 Å². The van der Waals surface area contributed by atoms with E-state index < -0.39 is 0 Å². The molecule has 0 fully saturated rings. The van der Waals surface area contributed by atoms with Crippen molar-refractivity contribution in [3.05, 3.63) is 140 Å². The van der Waals surface area contributed by atoms with Crippen LogP contribution in [-0.4, -0.2) is 14.1 Å². The van der Waals surface area contributed by atoms with Gasteiger partial charge in [0.25, 0.3) is 0 Å². The van der Waals surface area contributed by atoms with Crippen LogP contribution in [0.25, 0.3) is 99.1 Å². The molecule has 0 radical (unpaired) electrons. The molecular weight excluding hydrogens is 566 g/mol. The molecule has 11 aromatic rings. The van der Waals surface area contributed by atoms with Crippen molar-refractivity contribution >= 4 is 87.4 Å². The lowest BCUT2D eigenvalue weighted by atomic mass is 10.1. The summed E-state index contributed by atoms with van der Waals surface area (Å²) >= 11 is 0. The van der Waals surface area contributed by atoms with Crippen molar-refractivity contribution in [2.75, 3.05) is 0 Å². The zero-order valence-corrected chi connectivity index (χ0v) is 24.4. The normalized spacial score (nSPS) is 12.3. The lowest BCUT2D eigenvalue weighted by Gasteiger charge is -2.10. The maximum Gasteiger partial charge on any atom is 0.307 e. The number of fused-ring (bicyclic) bond motifs is 12. The molecule has 214 valence electrons. The standard InChI is InChI=1S/C41H23N3O2/c1-2-10-25-22-34-31(21-24(25)9-1)28-12-4-6-14-32(28)43(34)26-17-18-29-27-11-3-7-15-33(27)44(35(29)23-26)41-42-40-38(46-41)20-19-37-39(40)30-13-5-8-16-36(30)45-37/h1-23H. The molecule has 4 aromatic heterocycles. The first-order valence-electron chi connectivity index (χ1n) is 15.5. The van der Waals surface area contributed by atoms with Gasteiger partial charge >= 0.3 is 6.01 Å². The number of aromatic nitrogens is 3. The molecule has 0 saturated carbocycles. The van der Waals surface area contributed by atoms with Gasteiger partial charge in [0.1, 0.15) is 16.7 Å². The van der Waals surface area contributed by atoms with Crippen LogP contribution >= 0.6 is 0 Å². The fourth-order valence-corrected chi connectivity index (χ4v) is 7.52. The maximum absolute atomic E-state index is 6.58. The average Bonchev–Trinajstić information content (AvgIpc) is 3.85. The fraction of sp³-hybridized carbons (Fsp3) is 0. The molecule has 0 aliphatic rings. The molecule has 5 nitrogen and oxygen atoms in total. The number of hydrogen-bond donors (Lipinski definition) is 0.